The molecule has 0 atom stereocenters. The standard InChI is InChI=1S/C17H27N3OS2/c1-15-3-5-16(6-4-15)23-14-8-19-17(22)18-7-2-9-20-10-12-21-13-11-20/h3-6H,2,7-14H2,1H3,(H2,18,19,22). The van der Waals surface area contributed by atoms with E-state index in [0.717, 1.165) is 63.2 Å². The van der Waals surface area contributed by atoms with Crippen LogP contribution in [0.2, 0.25) is 0 Å². The topological polar surface area (TPSA) is 36.5 Å². The Morgan fingerprint density at radius 2 is 1.87 bits per heavy atom. The second-order valence-electron chi connectivity index (χ2n) is 5.65. The van der Waals surface area contributed by atoms with Crippen molar-refractivity contribution in [1.29, 1.82) is 0 Å². The van der Waals surface area contributed by atoms with Crippen molar-refractivity contribution in [3.8, 4) is 0 Å². The van der Waals surface area contributed by atoms with E-state index in [0.29, 0.717) is 0 Å². The largest absolute Gasteiger partial charge is 0.379 e. The number of nitrogens with one attached hydrogen (secondary N) is 2. The number of thioether (sulfide) groups is 1. The minimum Gasteiger partial charge on any atom is -0.379 e. The highest BCUT2D eigenvalue weighted by Crippen LogP contribution is 2.17. The van der Waals surface area contributed by atoms with Crippen molar-refractivity contribution in [3.63, 3.8) is 0 Å². The Morgan fingerprint density at radius 1 is 1.17 bits per heavy atom. The molecule has 0 amide bonds. The van der Waals surface area contributed by atoms with Crippen LogP contribution in [0, 0.1) is 6.92 Å². The van der Waals surface area contributed by atoms with Gasteiger partial charge in [0.2, 0.25) is 0 Å². The monoisotopic (exact) mass is 353 g/mol. The lowest BCUT2D eigenvalue weighted by molar-refractivity contribution is 0.0376. The van der Waals surface area contributed by atoms with E-state index in [2.05, 4.69) is 46.7 Å². The summed E-state index contributed by atoms with van der Waals surface area (Å²) >= 11 is 7.16. The van der Waals surface area contributed by atoms with Gasteiger partial charge in [-0.2, -0.15) is 0 Å². The molecule has 1 aromatic carbocycles. The molecule has 1 aliphatic heterocycles. The summed E-state index contributed by atoms with van der Waals surface area (Å²) in [6.07, 6.45) is 1.11. The third-order valence-corrected chi connectivity index (χ3v) is 5.02. The van der Waals surface area contributed by atoms with Crippen LogP contribution in [0.5, 0.6) is 0 Å². The van der Waals surface area contributed by atoms with E-state index in [1.165, 1.54) is 10.5 Å². The number of hydrogen-bond donors (Lipinski definition) is 2. The molecule has 1 fully saturated rings. The average molecular weight is 354 g/mol. The zero-order chi connectivity index (χ0) is 16.3. The molecule has 0 aliphatic carbocycles. The second kappa shape index (κ2) is 10.9. The van der Waals surface area contributed by atoms with Gasteiger partial charge in [-0.3, -0.25) is 4.90 Å². The molecule has 1 aliphatic rings. The first-order valence-corrected chi connectivity index (χ1v) is 9.65. The molecule has 0 unspecified atom stereocenters. The van der Waals surface area contributed by atoms with E-state index in [9.17, 15) is 0 Å². The molecule has 0 saturated carbocycles. The van der Waals surface area contributed by atoms with Gasteiger partial charge in [0.25, 0.3) is 0 Å². The van der Waals surface area contributed by atoms with Crippen LogP contribution >= 0.6 is 24.0 Å². The van der Waals surface area contributed by atoms with Gasteiger partial charge in [-0.1, -0.05) is 17.7 Å². The summed E-state index contributed by atoms with van der Waals surface area (Å²) < 4.78 is 5.35. The number of ether oxygens (including phenoxy) is 1. The molecule has 0 spiro atoms. The highest BCUT2D eigenvalue weighted by atomic mass is 32.2. The van der Waals surface area contributed by atoms with E-state index < -0.39 is 0 Å². The van der Waals surface area contributed by atoms with Crippen molar-refractivity contribution in [2.45, 2.75) is 18.2 Å². The van der Waals surface area contributed by atoms with Crippen molar-refractivity contribution in [1.82, 2.24) is 15.5 Å². The number of nitrogens with zero attached hydrogens (tertiary/aromatic N) is 1. The summed E-state index contributed by atoms with van der Waals surface area (Å²) in [6, 6.07) is 8.64. The fraction of sp³-hybridized carbons (Fsp3) is 0.588. The van der Waals surface area contributed by atoms with E-state index in [1.54, 1.807) is 0 Å². The maximum Gasteiger partial charge on any atom is 0.166 e. The lowest BCUT2D eigenvalue weighted by atomic mass is 10.2. The molecule has 4 nitrogen and oxygen atoms in total. The summed E-state index contributed by atoms with van der Waals surface area (Å²) in [6.45, 7) is 8.87. The van der Waals surface area contributed by atoms with Crippen LogP contribution < -0.4 is 10.6 Å². The summed E-state index contributed by atoms with van der Waals surface area (Å²) in [5.74, 6) is 1.01. The number of benzene rings is 1. The first-order valence-electron chi connectivity index (χ1n) is 8.25. The molecule has 1 saturated heterocycles. The fourth-order valence-electron chi connectivity index (χ4n) is 2.36. The molecular weight excluding hydrogens is 326 g/mol. The van der Waals surface area contributed by atoms with Crippen LogP contribution in [0.1, 0.15) is 12.0 Å². The van der Waals surface area contributed by atoms with Gasteiger partial charge in [0, 0.05) is 36.8 Å². The van der Waals surface area contributed by atoms with Crippen LogP contribution in [0.3, 0.4) is 0 Å². The van der Waals surface area contributed by atoms with Crippen molar-refractivity contribution >= 4 is 29.1 Å². The minimum absolute atomic E-state index is 0.761. The van der Waals surface area contributed by atoms with Crippen LogP contribution in [0.15, 0.2) is 29.2 Å². The Labute approximate surface area is 149 Å². The fourth-order valence-corrected chi connectivity index (χ4v) is 3.33. The van der Waals surface area contributed by atoms with Crippen molar-refractivity contribution in [2.75, 3.05) is 51.7 Å². The summed E-state index contributed by atoms with van der Waals surface area (Å²) in [4.78, 5) is 3.75. The molecular formula is C17H27N3OS2. The second-order valence-corrected chi connectivity index (χ2v) is 7.23. The number of aryl methyl sites for hydroxylation is 1. The average Bonchev–Trinajstić information content (AvgIpc) is 2.58. The van der Waals surface area contributed by atoms with Gasteiger partial charge in [0.05, 0.1) is 13.2 Å². The third kappa shape index (κ3) is 8.01. The van der Waals surface area contributed by atoms with E-state index >= 15 is 0 Å². The Morgan fingerprint density at radius 3 is 2.61 bits per heavy atom. The molecule has 6 heteroatoms. The smallest absolute Gasteiger partial charge is 0.166 e. The normalized spacial score (nSPS) is 15.3. The summed E-state index contributed by atoms with van der Waals surface area (Å²) in [5.41, 5.74) is 1.30. The van der Waals surface area contributed by atoms with E-state index in [-0.39, 0.29) is 0 Å². The lowest BCUT2D eigenvalue weighted by Crippen LogP contribution is -2.40. The molecule has 1 aromatic rings. The molecule has 0 bridgehead atoms. The number of thiocarbonyl (C=S) groups is 1. The zero-order valence-corrected chi connectivity index (χ0v) is 15.5. The Bertz CT molecular complexity index is 461. The van der Waals surface area contributed by atoms with Crippen molar-refractivity contribution in [3.05, 3.63) is 29.8 Å². The zero-order valence-electron chi connectivity index (χ0n) is 13.8. The molecule has 128 valence electrons. The van der Waals surface area contributed by atoms with Crippen molar-refractivity contribution in [2.24, 2.45) is 0 Å². The first kappa shape index (κ1) is 18.5. The van der Waals surface area contributed by atoms with Crippen LogP contribution in [0.25, 0.3) is 0 Å². The molecule has 2 rings (SSSR count). The molecule has 1 heterocycles. The van der Waals surface area contributed by atoms with Crippen molar-refractivity contribution < 1.29 is 4.74 Å². The first-order chi connectivity index (χ1) is 11.2. The third-order valence-electron chi connectivity index (χ3n) is 3.72. The Kier molecular flexibility index (Phi) is 8.74. The molecule has 0 radical (unpaired) electrons. The van der Waals surface area contributed by atoms with Gasteiger partial charge in [0.1, 0.15) is 0 Å². The van der Waals surface area contributed by atoms with Gasteiger partial charge in [-0.05, 0) is 44.2 Å². The van der Waals surface area contributed by atoms with Gasteiger partial charge in [-0.25, -0.2) is 0 Å². The van der Waals surface area contributed by atoms with Gasteiger partial charge in [-0.15, -0.1) is 11.8 Å². The minimum atomic E-state index is 0.761. The van der Waals surface area contributed by atoms with Crippen LogP contribution in [0.4, 0.5) is 0 Å². The maximum absolute atomic E-state index is 5.35. The van der Waals surface area contributed by atoms with Gasteiger partial charge >= 0.3 is 0 Å². The number of hydrogen-bond acceptors (Lipinski definition) is 4. The Balaban J connectivity index is 1.46. The number of rotatable bonds is 8. The summed E-state index contributed by atoms with van der Waals surface area (Å²) in [5, 5.41) is 7.31. The molecule has 2 N–H and O–H groups in total. The van der Waals surface area contributed by atoms with E-state index in [1.807, 2.05) is 11.8 Å². The highest BCUT2D eigenvalue weighted by Gasteiger charge is 2.09. The van der Waals surface area contributed by atoms with Crippen LogP contribution in [-0.4, -0.2) is 61.7 Å². The van der Waals surface area contributed by atoms with Gasteiger partial charge < -0.3 is 15.4 Å². The van der Waals surface area contributed by atoms with Gasteiger partial charge in [0.15, 0.2) is 5.11 Å². The van der Waals surface area contributed by atoms with E-state index in [4.69, 9.17) is 17.0 Å². The quantitative estimate of drug-likeness (QED) is 0.424. The predicted octanol–water partition coefficient (Wildman–Crippen LogP) is 2.27. The number of morpholine rings is 1. The lowest BCUT2D eigenvalue weighted by Gasteiger charge is -2.26. The SMILES string of the molecule is Cc1ccc(SCCNC(=S)NCCCN2CCOCC2)cc1. The summed E-state index contributed by atoms with van der Waals surface area (Å²) in [7, 11) is 0. The predicted molar refractivity (Wildman–Crippen MR) is 102 cm³/mol. The maximum atomic E-state index is 5.35. The Hall–Kier alpha value is -0.820. The highest BCUT2D eigenvalue weighted by molar-refractivity contribution is 7.99. The molecule has 23 heavy (non-hydrogen) atoms. The molecule has 0 aromatic heterocycles. The van der Waals surface area contributed by atoms with Crippen LogP contribution in [-0.2, 0) is 4.74 Å².